The van der Waals surface area contributed by atoms with Crippen LogP contribution in [0.4, 0.5) is 0 Å². The normalized spacial score (nSPS) is 29.6. The lowest BCUT2D eigenvalue weighted by Crippen LogP contribution is -2.38. The van der Waals surface area contributed by atoms with E-state index in [9.17, 15) is 14.7 Å². The lowest BCUT2D eigenvalue weighted by atomic mass is 9.89. The zero-order chi connectivity index (χ0) is 15.3. The Kier molecular flexibility index (Phi) is 3.20. The lowest BCUT2D eigenvalue weighted by Gasteiger charge is -2.22. The average Bonchev–Trinajstić information content (AvgIpc) is 3.18. The molecule has 1 amide bonds. The van der Waals surface area contributed by atoms with Crippen molar-refractivity contribution in [3.63, 3.8) is 0 Å². The molecule has 118 valence electrons. The Balaban J connectivity index is 1.49. The minimum absolute atomic E-state index is 0.0479. The molecule has 3 aliphatic heterocycles. The largest absolute Gasteiger partial charge is 0.481 e. The number of fused-ring (bicyclic) bond motifs is 3. The SMILES string of the molecule is O=C(O)C1CC2CCC1N2C(=O)Cc1cn2c(n1)CCCC2. The number of aromatic nitrogens is 2. The highest BCUT2D eigenvalue weighted by Gasteiger charge is 2.51. The Morgan fingerprint density at radius 2 is 2.18 bits per heavy atom. The van der Waals surface area contributed by atoms with E-state index in [1.165, 1.54) is 12.8 Å². The zero-order valence-corrected chi connectivity index (χ0v) is 12.6. The molecule has 1 aromatic heterocycles. The summed E-state index contributed by atoms with van der Waals surface area (Å²) in [6, 6.07) is 0.0167. The van der Waals surface area contributed by atoms with E-state index >= 15 is 0 Å². The van der Waals surface area contributed by atoms with Gasteiger partial charge in [0.1, 0.15) is 5.82 Å². The average molecular weight is 303 g/mol. The van der Waals surface area contributed by atoms with Crippen molar-refractivity contribution in [1.29, 1.82) is 0 Å². The monoisotopic (exact) mass is 303 g/mol. The van der Waals surface area contributed by atoms with Crippen LogP contribution in [-0.4, -0.2) is 43.5 Å². The molecule has 0 spiro atoms. The fourth-order valence-electron chi connectivity index (χ4n) is 4.45. The number of nitrogens with zero attached hydrogens (tertiary/aromatic N) is 3. The van der Waals surface area contributed by atoms with Gasteiger partial charge in [-0.3, -0.25) is 9.59 Å². The molecule has 2 bridgehead atoms. The van der Waals surface area contributed by atoms with Crippen molar-refractivity contribution >= 4 is 11.9 Å². The lowest BCUT2D eigenvalue weighted by molar-refractivity contribution is -0.143. The van der Waals surface area contributed by atoms with Crippen LogP contribution in [0.5, 0.6) is 0 Å². The number of hydrogen-bond acceptors (Lipinski definition) is 3. The molecule has 3 unspecified atom stereocenters. The molecule has 0 aromatic carbocycles. The van der Waals surface area contributed by atoms with Crippen LogP contribution < -0.4 is 0 Å². The molecule has 1 N–H and O–H groups in total. The third-order valence-corrected chi connectivity index (χ3v) is 5.43. The molecule has 3 aliphatic rings. The molecule has 0 radical (unpaired) electrons. The van der Waals surface area contributed by atoms with Gasteiger partial charge in [-0.1, -0.05) is 0 Å². The van der Waals surface area contributed by atoms with E-state index in [2.05, 4.69) is 9.55 Å². The Hall–Kier alpha value is -1.85. The molecule has 4 rings (SSSR count). The number of hydrogen-bond donors (Lipinski definition) is 1. The number of amides is 1. The maximum absolute atomic E-state index is 12.6. The highest BCUT2D eigenvalue weighted by atomic mass is 16.4. The first-order chi connectivity index (χ1) is 10.6. The van der Waals surface area contributed by atoms with E-state index in [-0.39, 0.29) is 23.9 Å². The minimum Gasteiger partial charge on any atom is -0.481 e. The molecule has 2 saturated heterocycles. The molecule has 3 atom stereocenters. The molecule has 2 fully saturated rings. The predicted octanol–water partition coefficient (Wildman–Crippen LogP) is 1.23. The molecule has 1 aromatic rings. The van der Waals surface area contributed by atoms with Gasteiger partial charge in [-0.2, -0.15) is 0 Å². The van der Waals surface area contributed by atoms with Gasteiger partial charge in [-0.25, -0.2) is 4.98 Å². The van der Waals surface area contributed by atoms with Gasteiger partial charge in [0.2, 0.25) is 5.91 Å². The van der Waals surface area contributed by atoms with E-state index in [4.69, 9.17) is 0 Å². The third kappa shape index (κ3) is 2.12. The summed E-state index contributed by atoms with van der Waals surface area (Å²) in [5, 5.41) is 9.28. The summed E-state index contributed by atoms with van der Waals surface area (Å²) >= 11 is 0. The quantitative estimate of drug-likeness (QED) is 0.911. The number of carboxylic acid groups (broad SMARTS) is 1. The van der Waals surface area contributed by atoms with Gasteiger partial charge in [0, 0.05) is 31.2 Å². The second kappa shape index (κ2) is 5.11. The second-order valence-electron chi connectivity index (χ2n) is 6.76. The molecule has 4 heterocycles. The predicted molar refractivity (Wildman–Crippen MR) is 78.3 cm³/mol. The first-order valence-corrected chi connectivity index (χ1v) is 8.22. The van der Waals surface area contributed by atoms with Crippen molar-refractivity contribution in [2.24, 2.45) is 5.92 Å². The Labute approximate surface area is 129 Å². The van der Waals surface area contributed by atoms with Crippen molar-refractivity contribution < 1.29 is 14.7 Å². The van der Waals surface area contributed by atoms with E-state index in [1.807, 2.05) is 11.1 Å². The summed E-state index contributed by atoms with van der Waals surface area (Å²) in [6.45, 7) is 0.993. The van der Waals surface area contributed by atoms with Crippen LogP contribution in [0.2, 0.25) is 0 Å². The Bertz CT molecular complexity index is 601. The van der Waals surface area contributed by atoms with Gasteiger partial charge in [-0.05, 0) is 32.1 Å². The van der Waals surface area contributed by atoms with Crippen molar-refractivity contribution in [3.8, 4) is 0 Å². The fraction of sp³-hybridized carbons (Fsp3) is 0.688. The molecule has 0 saturated carbocycles. The van der Waals surface area contributed by atoms with E-state index in [0.717, 1.165) is 37.3 Å². The number of aryl methyl sites for hydroxylation is 2. The summed E-state index contributed by atoms with van der Waals surface area (Å²) in [5.41, 5.74) is 0.833. The van der Waals surface area contributed by atoms with Crippen molar-refractivity contribution in [2.75, 3.05) is 0 Å². The number of rotatable bonds is 3. The maximum atomic E-state index is 12.6. The van der Waals surface area contributed by atoms with Gasteiger partial charge in [-0.15, -0.1) is 0 Å². The summed E-state index contributed by atoms with van der Waals surface area (Å²) in [6.07, 6.45) is 8.02. The Morgan fingerprint density at radius 1 is 1.32 bits per heavy atom. The number of imidazole rings is 1. The smallest absolute Gasteiger partial charge is 0.308 e. The van der Waals surface area contributed by atoms with Gasteiger partial charge in [0.05, 0.1) is 18.0 Å². The minimum atomic E-state index is -0.762. The van der Waals surface area contributed by atoms with E-state index in [0.29, 0.717) is 12.8 Å². The first kappa shape index (κ1) is 13.8. The zero-order valence-electron chi connectivity index (χ0n) is 12.6. The number of carboxylic acids is 1. The number of aliphatic carboxylic acids is 1. The Morgan fingerprint density at radius 3 is 2.91 bits per heavy atom. The highest BCUT2D eigenvalue weighted by Crippen LogP contribution is 2.42. The van der Waals surface area contributed by atoms with Gasteiger partial charge in [0.25, 0.3) is 0 Å². The van der Waals surface area contributed by atoms with Crippen LogP contribution in [0.15, 0.2) is 6.20 Å². The van der Waals surface area contributed by atoms with Crippen LogP contribution in [0, 0.1) is 5.92 Å². The van der Waals surface area contributed by atoms with E-state index in [1.54, 1.807) is 0 Å². The maximum Gasteiger partial charge on any atom is 0.308 e. The molecule has 0 aliphatic carbocycles. The van der Waals surface area contributed by atoms with Crippen LogP contribution in [0.25, 0.3) is 0 Å². The van der Waals surface area contributed by atoms with Crippen LogP contribution in [-0.2, 0) is 29.0 Å². The fourth-order valence-corrected chi connectivity index (χ4v) is 4.45. The van der Waals surface area contributed by atoms with Crippen LogP contribution in [0.3, 0.4) is 0 Å². The summed E-state index contributed by atoms with van der Waals surface area (Å²) < 4.78 is 2.16. The third-order valence-electron chi connectivity index (χ3n) is 5.43. The molecular formula is C16H21N3O3. The van der Waals surface area contributed by atoms with Crippen molar-refractivity contribution in [1.82, 2.24) is 14.5 Å². The van der Waals surface area contributed by atoms with Crippen LogP contribution >= 0.6 is 0 Å². The topological polar surface area (TPSA) is 75.4 Å². The molecule has 6 nitrogen and oxygen atoms in total. The number of carbonyl (C=O) groups excluding carboxylic acids is 1. The standard InChI is InChI=1S/C16H21N3O3/c20-15(7-10-9-18-6-2-1-3-14(18)17-10)19-11-4-5-13(19)12(8-11)16(21)22/h9,11-13H,1-8H2,(H,21,22). The summed E-state index contributed by atoms with van der Waals surface area (Å²) in [5.74, 6) is -0.00564. The van der Waals surface area contributed by atoms with E-state index < -0.39 is 5.97 Å². The number of carbonyl (C=O) groups is 2. The van der Waals surface area contributed by atoms with Crippen molar-refractivity contribution in [2.45, 2.75) is 63.6 Å². The van der Waals surface area contributed by atoms with Gasteiger partial charge < -0.3 is 14.6 Å². The molecule has 6 heteroatoms. The molecule has 22 heavy (non-hydrogen) atoms. The second-order valence-corrected chi connectivity index (χ2v) is 6.76. The summed E-state index contributed by atoms with van der Waals surface area (Å²) in [7, 11) is 0. The van der Waals surface area contributed by atoms with Gasteiger partial charge >= 0.3 is 5.97 Å². The summed E-state index contributed by atoms with van der Waals surface area (Å²) in [4.78, 5) is 30.4. The first-order valence-electron chi connectivity index (χ1n) is 8.22. The molecular weight excluding hydrogens is 282 g/mol. The van der Waals surface area contributed by atoms with Gasteiger partial charge in [0.15, 0.2) is 0 Å². The highest BCUT2D eigenvalue weighted by molar-refractivity contribution is 5.82. The van der Waals surface area contributed by atoms with Crippen molar-refractivity contribution in [3.05, 3.63) is 17.7 Å². The van der Waals surface area contributed by atoms with Crippen LogP contribution in [0.1, 0.15) is 43.6 Å².